The standard InChI is InChI=1S/C17H19Cl2NO/c1-3-15(20)17(12-5-4-6-13(18)10-12)21-16-8-7-11(2)9-14(16)19/h4-10,15,17H,3,20H2,1-2H3. The maximum Gasteiger partial charge on any atom is 0.139 e. The molecule has 0 aliphatic heterocycles. The van der Waals surface area contributed by atoms with Gasteiger partial charge in [0.2, 0.25) is 0 Å². The molecule has 2 N–H and O–H groups in total. The molecule has 2 aromatic rings. The van der Waals surface area contributed by atoms with E-state index in [1.54, 1.807) is 0 Å². The highest BCUT2D eigenvalue weighted by Crippen LogP contribution is 2.32. The molecule has 2 rings (SSSR count). The predicted octanol–water partition coefficient (Wildman–Crippen LogP) is 5.16. The number of hydrogen-bond acceptors (Lipinski definition) is 2. The van der Waals surface area contributed by atoms with Gasteiger partial charge in [-0.1, -0.05) is 48.3 Å². The molecule has 112 valence electrons. The Morgan fingerprint density at radius 1 is 1.14 bits per heavy atom. The second-order valence-corrected chi connectivity index (χ2v) is 5.94. The van der Waals surface area contributed by atoms with Crippen LogP contribution in [0.3, 0.4) is 0 Å². The molecule has 0 radical (unpaired) electrons. The summed E-state index contributed by atoms with van der Waals surface area (Å²) >= 11 is 12.3. The Bertz CT molecular complexity index is 615. The number of ether oxygens (including phenoxy) is 1. The molecule has 4 heteroatoms. The van der Waals surface area contributed by atoms with Gasteiger partial charge in [0.05, 0.1) is 5.02 Å². The number of aryl methyl sites for hydroxylation is 1. The van der Waals surface area contributed by atoms with Crippen molar-refractivity contribution >= 4 is 23.2 Å². The molecule has 2 atom stereocenters. The van der Waals surface area contributed by atoms with Crippen LogP contribution >= 0.6 is 23.2 Å². The van der Waals surface area contributed by atoms with Crippen LogP contribution in [-0.4, -0.2) is 6.04 Å². The molecule has 0 saturated heterocycles. The number of nitrogens with two attached hydrogens (primary N) is 1. The Labute approximate surface area is 135 Å². The van der Waals surface area contributed by atoms with Gasteiger partial charge in [-0.15, -0.1) is 0 Å². The summed E-state index contributed by atoms with van der Waals surface area (Å²) in [5.41, 5.74) is 8.26. The van der Waals surface area contributed by atoms with Gasteiger partial charge in [0.15, 0.2) is 0 Å². The smallest absolute Gasteiger partial charge is 0.139 e. The largest absolute Gasteiger partial charge is 0.483 e. The Hall–Kier alpha value is -1.22. The highest BCUT2D eigenvalue weighted by Gasteiger charge is 2.21. The molecule has 0 aliphatic rings. The van der Waals surface area contributed by atoms with Crippen LogP contribution in [0.1, 0.15) is 30.6 Å². The highest BCUT2D eigenvalue weighted by atomic mass is 35.5. The lowest BCUT2D eigenvalue weighted by molar-refractivity contribution is 0.171. The van der Waals surface area contributed by atoms with Gasteiger partial charge in [0.1, 0.15) is 11.9 Å². The number of hydrogen-bond donors (Lipinski definition) is 1. The Balaban J connectivity index is 2.33. The quantitative estimate of drug-likeness (QED) is 0.824. The van der Waals surface area contributed by atoms with E-state index in [0.717, 1.165) is 17.5 Å². The lowest BCUT2D eigenvalue weighted by Crippen LogP contribution is -2.31. The van der Waals surface area contributed by atoms with E-state index in [9.17, 15) is 0 Å². The molecule has 0 aromatic heterocycles. The molecule has 2 unspecified atom stereocenters. The first kappa shape index (κ1) is 16.2. The van der Waals surface area contributed by atoms with Crippen molar-refractivity contribution in [3.8, 4) is 5.75 Å². The molecular formula is C17H19Cl2NO. The van der Waals surface area contributed by atoms with Crippen LogP contribution in [-0.2, 0) is 0 Å². The average molecular weight is 324 g/mol. The zero-order chi connectivity index (χ0) is 15.4. The van der Waals surface area contributed by atoms with E-state index >= 15 is 0 Å². The van der Waals surface area contributed by atoms with Gasteiger partial charge in [0.25, 0.3) is 0 Å². The molecule has 0 aliphatic carbocycles. The fraction of sp³-hybridized carbons (Fsp3) is 0.294. The average Bonchev–Trinajstić information content (AvgIpc) is 2.45. The first-order valence-electron chi connectivity index (χ1n) is 6.95. The summed E-state index contributed by atoms with van der Waals surface area (Å²) in [7, 11) is 0. The zero-order valence-electron chi connectivity index (χ0n) is 12.1. The van der Waals surface area contributed by atoms with Crippen molar-refractivity contribution in [1.82, 2.24) is 0 Å². The summed E-state index contributed by atoms with van der Waals surface area (Å²) in [6.45, 7) is 4.02. The van der Waals surface area contributed by atoms with E-state index in [-0.39, 0.29) is 12.1 Å². The summed E-state index contributed by atoms with van der Waals surface area (Å²) in [6, 6.07) is 13.2. The zero-order valence-corrected chi connectivity index (χ0v) is 13.7. The minimum atomic E-state index is -0.283. The molecule has 0 fully saturated rings. The van der Waals surface area contributed by atoms with E-state index in [2.05, 4.69) is 0 Å². The summed E-state index contributed by atoms with van der Waals surface area (Å²) in [6.07, 6.45) is 0.509. The number of rotatable bonds is 5. The second-order valence-electron chi connectivity index (χ2n) is 5.10. The topological polar surface area (TPSA) is 35.2 Å². The monoisotopic (exact) mass is 323 g/mol. The van der Waals surface area contributed by atoms with Gasteiger partial charge in [-0.2, -0.15) is 0 Å². The summed E-state index contributed by atoms with van der Waals surface area (Å²) in [4.78, 5) is 0. The van der Waals surface area contributed by atoms with E-state index in [4.69, 9.17) is 33.7 Å². The van der Waals surface area contributed by atoms with Gasteiger partial charge < -0.3 is 10.5 Å². The number of halogens is 2. The summed E-state index contributed by atoms with van der Waals surface area (Å²) < 4.78 is 6.08. The molecule has 0 bridgehead atoms. The van der Waals surface area contributed by atoms with Gasteiger partial charge in [0, 0.05) is 11.1 Å². The fourth-order valence-electron chi connectivity index (χ4n) is 2.14. The van der Waals surface area contributed by atoms with Gasteiger partial charge in [-0.05, 0) is 48.7 Å². The van der Waals surface area contributed by atoms with Crippen LogP contribution in [0.4, 0.5) is 0 Å². The van der Waals surface area contributed by atoms with Crippen LogP contribution in [0.5, 0.6) is 5.75 Å². The van der Waals surface area contributed by atoms with Crippen LogP contribution in [0.25, 0.3) is 0 Å². The third kappa shape index (κ3) is 4.13. The van der Waals surface area contributed by atoms with E-state index in [1.807, 2.05) is 56.3 Å². The summed E-state index contributed by atoms with van der Waals surface area (Å²) in [5, 5.41) is 1.25. The lowest BCUT2D eigenvalue weighted by Gasteiger charge is -2.25. The van der Waals surface area contributed by atoms with Gasteiger partial charge in [-0.25, -0.2) is 0 Å². The molecule has 0 amide bonds. The Morgan fingerprint density at radius 2 is 1.90 bits per heavy atom. The molecule has 21 heavy (non-hydrogen) atoms. The van der Waals surface area contributed by atoms with Gasteiger partial charge in [-0.3, -0.25) is 0 Å². The van der Waals surface area contributed by atoms with Crippen molar-refractivity contribution in [2.75, 3.05) is 0 Å². The minimum Gasteiger partial charge on any atom is -0.483 e. The van der Waals surface area contributed by atoms with Gasteiger partial charge >= 0.3 is 0 Å². The van der Waals surface area contributed by atoms with Crippen LogP contribution in [0.15, 0.2) is 42.5 Å². The van der Waals surface area contributed by atoms with E-state index in [0.29, 0.717) is 15.8 Å². The Kier molecular flexibility index (Phi) is 5.51. The predicted molar refractivity (Wildman–Crippen MR) is 89.3 cm³/mol. The van der Waals surface area contributed by atoms with Crippen LogP contribution < -0.4 is 10.5 Å². The second kappa shape index (κ2) is 7.17. The molecule has 0 saturated carbocycles. The maximum absolute atomic E-state index is 6.25. The molecule has 0 spiro atoms. The van der Waals surface area contributed by atoms with Crippen molar-refractivity contribution in [1.29, 1.82) is 0 Å². The molecule has 0 heterocycles. The SMILES string of the molecule is CCC(N)C(Oc1ccc(C)cc1Cl)c1cccc(Cl)c1. The highest BCUT2D eigenvalue weighted by molar-refractivity contribution is 6.32. The van der Waals surface area contributed by atoms with Crippen molar-refractivity contribution < 1.29 is 4.74 Å². The first-order chi connectivity index (χ1) is 10.0. The molecule has 2 nitrogen and oxygen atoms in total. The normalized spacial score (nSPS) is 13.8. The van der Waals surface area contributed by atoms with Crippen molar-refractivity contribution in [2.24, 2.45) is 5.73 Å². The van der Waals surface area contributed by atoms with Crippen molar-refractivity contribution in [2.45, 2.75) is 32.4 Å². The lowest BCUT2D eigenvalue weighted by atomic mass is 10.0. The first-order valence-corrected chi connectivity index (χ1v) is 7.70. The van der Waals surface area contributed by atoms with Crippen LogP contribution in [0.2, 0.25) is 10.0 Å². The molecular weight excluding hydrogens is 305 g/mol. The third-order valence-corrected chi connectivity index (χ3v) is 3.91. The third-order valence-electron chi connectivity index (χ3n) is 3.38. The fourth-order valence-corrected chi connectivity index (χ4v) is 2.62. The molecule has 2 aromatic carbocycles. The maximum atomic E-state index is 6.25. The Morgan fingerprint density at radius 3 is 2.52 bits per heavy atom. The van der Waals surface area contributed by atoms with Crippen molar-refractivity contribution in [3.63, 3.8) is 0 Å². The summed E-state index contributed by atoms with van der Waals surface area (Å²) in [5.74, 6) is 0.635. The number of benzene rings is 2. The van der Waals surface area contributed by atoms with Crippen LogP contribution in [0, 0.1) is 6.92 Å². The van der Waals surface area contributed by atoms with E-state index < -0.39 is 0 Å². The van der Waals surface area contributed by atoms with Crippen molar-refractivity contribution in [3.05, 3.63) is 63.6 Å². The van der Waals surface area contributed by atoms with E-state index in [1.165, 1.54) is 0 Å². The minimum absolute atomic E-state index is 0.138.